The van der Waals surface area contributed by atoms with Crippen LogP contribution in [0.2, 0.25) is 0 Å². The van der Waals surface area contributed by atoms with Gasteiger partial charge in [0.25, 0.3) is 5.91 Å². The van der Waals surface area contributed by atoms with Crippen molar-refractivity contribution < 1.29 is 58.2 Å². The second-order valence-corrected chi connectivity index (χ2v) is 9.96. The van der Waals surface area contributed by atoms with E-state index in [0.717, 1.165) is 0 Å². The third kappa shape index (κ3) is 6.26. The number of fused-ring (bicyclic) bond motifs is 1. The van der Waals surface area contributed by atoms with E-state index in [1.54, 1.807) is 5.32 Å². The SMILES string of the molecule is [2H]C([2H])([2H])C1(C([2H])([2H])[2H])[C@@H]2[C@@H](C(=O)N[C@@]([2H])(C(=O)C(N)=O)C([2H])([2H])C3([2H])C([2H])([2H])C([2H])([2H])C3([2H])[2H])N(C(=O)[C@@H](NC(=O)NC(C)(C)C)C(C([2H])([2H])[2H])(C([2H])([2H])[2H])C([2H])([2H])[2H])C[C@@H]21. The zero-order valence-electron chi connectivity index (χ0n) is 45.1. The minimum absolute atomic E-state index is 0.0160. The van der Waals surface area contributed by atoms with Gasteiger partial charge in [0, 0.05) is 45.0 Å². The molecular formula is C27H45N5O5. The third-order valence-corrected chi connectivity index (χ3v) is 5.82. The van der Waals surface area contributed by atoms with E-state index in [1.807, 2.05) is 0 Å². The number of nitrogens with one attached hydrogen (secondary N) is 3. The number of nitrogens with two attached hydrogens (primary N) is 1. The second kappa shape index (κ2) is 9.91. The molecule has 37 heavy (non-hydrogen) atoms. The van der Waals surface area contributed by atoms with Crippen LogP contribution in [0.1, 0.15) is 115 Å². The monoisotopic (exact) mass is 544 g/mol. The fraction of sp³-hybridized carbons (Fsp3) is 0.815. The van der Waals surface area contributed by atoms with Crippen molar-refractivity contribution in [2.75, 3.05) is 6.54 Å². The first-order chi connectivity index (χ1) is 26.9. The van der Waals surface area contributed by atoms with Gasteiger partial charge in [-0.2, -0.15) is 0 Å². The Bertz CT molecular complexity index is 1810. The molecule has 0 aromatic heterocycles. The van der Waals surface area contributed by atoms with E-state index >= 15 is 0 Å². The number of carbonyl (C=O) groups excluding carboxylic acids is 5. The van der Waals surface area contributed by atoms with Crippen LogP contribution in [0.25, 0.3) is 0 Å². The van der Waals surface area contributed by atoms with Crippen LogP contribution in [0.5, 0.6) is 0 Å². The molecule has 5 amide bonds. The van der Waals surface area contributed by atoms with Gasteiger partial charge in [0.15, 0.2) is 0 Å². The van der Waals surface area contributed by atoms with Crippen LogP contribution < -0.4 is 21.7 Å². The number of hydrogen-bond acceptors (Lipinski definition) is 5. The molecule has 0 aromatic rings. The fourth-order valence-corrected chi connectivity index (χ4v) is 4.07. The average Bonchev–Trinajstić information content (AvgIpc) is 3.54. The van der Waals surface area contributed by atoms with Crippen molar-refractivity contribution in [2.24, 2.45) is 34.3 Å². The molecule has 0 unspecified atom stereocenters. The van der Waals surface area contributed by atoms with Crippen molar-refractivity contribution >= 4 is 29.5 Å². The standard InChI is InChI=1S/C27H45N5O5/c1-25(2,3)20(30-24(37)31-26(4,5)6)23(36)32-13-15-17(27(15,7)8)18(32)22(35)29-16(19(33)21(28)34)12-14-10-9-11-14/h14-18,20H,9-13H2,1-8H3,(H2,28,34)(H,29,35)(H2,30,31,37)/t15-,16+,17-,18-,20+/m0/s1/i1D3,2D3,3D3,7D3,8D3,9D2,10D2,11D2,12D2,14D,16D. The minimum atomic E-state index is -4.64. The van der Waals surface area contributed by atoms with Crippen LogP contribution in [0.3, 0.4) is 0 Å². The quantitative estimate of drug-likeness (QED) is 0.343. The summed E-state index contributed by atoms with van der Waals surface area (Å²) in [5.74, 6) is -17.9. The minimum Gasteiger partial charge on any atom is -0.363 e. The maximum absolute atomic E-state index is 14.9. The van der Waals surface area contributed by atoms with E-state index in [1.165, 1.54) is 26.1 Å². The molecule has 1 aliphatic heterocycles. The maximum Gasteiger partial charge on any atom is 0.315 e. The van der Waals surface area contributed by atoms with Crippen LogP contribution in [0.4, 0.5) is 4.79 Å². The van der Waals surface area contributed by atoms with Crippen LogP contribution in [-0.4, -0.2) is 64.6 Å². The van der Waals surface area contributed by atoms with Crippen molar-refractivity contribution in [3.05, 3.63) is 0 Å². The zero-order valence-corrected chi connectivity index (χ0v) is 20.1. The Labute approximate surface area is 255 Å². The van der Waals surface area contributed by atoms with Crippen molar-refractivity contribution in [2.45, 2.75) is 104 Å². The number of hydrogen-bond donors (Lipinski definition) is 4. The van der Waals surface area contributed by atoms with Crippen LogP contribution in [0.15, 0.2) is 0 Å². The summed E-state index contributed by atoms with van der Waals surface area (Å²) in [5, 5.41) is 5.19. The summed E-state index contributed by atoms with van der Waals surface area (Å²) < 4.78 is 206. The molecule has 1 heterocycles. The maximum atomic E-state index is 14.9. The lowest BCUT2D eigenvalue weighted by atomic mass is 9.80. The van der Waals surface area contributed by atoms with Gasteiger partial charge >= 0.3 is 6.03 Å². The van der Waals surface area contributed by atoms with Gasteiger partial charge in [0.05, 0.1) is 7.39 Å². The molecule has 3 fully saturated rings. The summed E-state index contributed by atoms with van der Waals surface area (Å²) in [4.78, 5) is 68.8. The molecule has 2 saturated carbocycles. The Morgan fingerprint density at radius 3 is 2.38 bits per heavy atom. The molecule has 0 aromatic carbocycles. The van der Waals surface area contributed by atoms with Crippen molar-refractivity contribution in [3.8, 4) is 0 Å². The Morgan fingerprint density at radius 1 is 1.19 bits per heavy atom. The second-order valence-electron chi connectivity index (χ2n) is 9.96. The number of primary amides is 1. The number of amides is 5. The zero-order chi connectivity index (χ0) is 49.6. The highest BCUT2D eigenvalue weighted by atomic mass is 16.2. The summed E-state index contributed by atoms with van der Waals surface area (Å²) >= 11 is 0. The number of Topliss-reactive ketones (excluding diaryl/α,β-unsaturated/α-hetero) is 1. The van der Waals surface area contributed by atoms with E-state index in [9.17, 15) is 24.0 Å². The lowest BCUT2D eigenvalue weighted by Gasteiger charge is -2.38. The Kier molecular flexibility index (Phi) is 2.72. The Morgan fingerprint density at radius 2 is 1.84 bits per heavy atom. The predicted molar refractivity (Wildman–Crippen MR) is 139 cm³/mol. The van der Waals surface area contributed by atoms with E-state index < -0.39 is 148 Å². The molecule has 5 atom stereocenters. The lowest BCUT2D eigenvalue weighted by molar-refractivity contribution is -0.145. The van der Waals surface area contributed by atoms with Gasteiger partial charge in [-0.25, -0.2) is 4.79 Å². The van der Waals surface area contributed by atoms with E-state index in [0.29, 0.717) is 0 Å². The highest BCUT2D eigenvalue weighted by Crippen LogP contribution is 2.65. The number of ketones is 1. The van der Waals surface area contributed by atoms with Crippen molar-refractivity contribution in [1.29, 1.82) is 0 Å². The van der Waals surface area contributed by atoms with Crippen LogP contribution >= 0.6 is 0 Å². The summed E-state index contributed by atoms with van der Waals surface area (Å²) in [7, 11) is 0. The fourth-order valence-electron chi connectivity index (χ4n) is 4.07. The Hall–Kier alpha value is -2.65. The van der Waals surface area contributed by atoms with Gasteiger partial charge < -0.3 is 26.6 Å². The number of rotatable bonds is 8. The predicted octanol–water partition coefficient (Wildman–Crippen LogP) is 1.71. The topological polar surface area (TPSA) is 151 Å². The molecule has 5 N–H and O–H groups in total. The summed E-state index contributed by atoms with van der Waals surface area (Å²) in [6, 6.07) is -12.4. The summed E-state index contributed by atoms with van der Waals surface area (Å²) in [6.07, 6.45) is -16.5. The molecule has 10 nitrogen and oxygen atoms in total. The first-order valence-corrected chi connectivity index (χ1v) is 10.9. The molecular weight excluding hydrogens is 474 g/mol. The molecule has 2 aliphatic carbocycles. The Balaban J connectivity index is 2.48. The summed E-state index contributed by atoms with van der Waals surface area (Å²) in [6.45, 7) is -17.6. The van der Waals surface area contributed by atoms with E-state index in [2.05, 4.69) is 5.32 Å². The molecule has 0 radical (unpaired) electrons. The number of urea groups is 1. The first kappa shape index (κ1) is 10.2. The third-order valence-electron chi connectivity index (χ3n) is 5.82. The van der Waals surface area contributed by atoms with Gasteiger partial charge in [-0.1, -0.05) is 53.4 Å². The van der Waals surface area contributed by atoms with E-state index in [4.69, 9.17) is 40.0 Å². The lowest BCUT2D eigenvalue weighted by Crippen LogP contribution is -2.62. The molecule has 3 rings (SSSR count). The van der Waals surface area contributed by atoms with Gasteiger partial charge in [-0.05, 0) is 55.7 Å². The first-order valence-electron chi connectivity index (χ1n) is 23.4. The van der Waals surface area contributed by atoms with Gasteiger partial charge in [-0.3, -0.25) is 19.2 Å². The summed E-state index contributed by atoms with van der Waals surface area (Å²) in [5.41, 5.74) is -3.68. The van der Waals surface area contributed by atoms with Crippen molar-refractivity contribution in [3.63, 3.8) is 0 Å². The van der Waals surface area contributed by atoms with Gasteiger partial charge in [0.2, 0.25) is 17.6 Å². The molecule has 208 valence electrons. The smallest absolute Gasteiger partial charge is 0.315 e. The highest BCUT2D eigenvalue weighted by Gasteiger charge is 2.70. The normalized spacial score (nSPS) is 44.1. The van der Waals surface area contributed by atoms with Crippen LogP contribution in [0, 0.1) is 28.6 Å². The molecule has 3 aliphatic rings. The van der Waals surface area contributed by atoms with Gasteiger partial charge in [-0.15, -0.1) is 0 Å². The van der Waals surface area contributed by atoms with Gasteiger partial charge in [0.1, 0.15) is 12.1 Å². The van der Waals surface area contributed by atoms with E-state index in [-0.39, 0.29) is 4.90 Å². The number of carbonyl (C=O) groups is 5. The molecule has 1 saturated heterocycles. The van der Waals surface area contributed by atoms with Crippen molar-refractivity contribution in [1.82, 2.24) is 20.9 Å². The number of likely N-dealkylation sites (tertiary alicyclic amines) is 1. The molecule has 0 bridgehead atoms. The average molecular weight is 545 g/mol. The highest BCUT2D eigenvalue weighted by molar-refractivity contribution is 6.37. The molecule has 0 spiro atoms. The molecule has 10 heteroatoms. The van der Waals surface area contributed by atoms with Crippen LogP contribution in [-0.2, 0) is 19.2 Å². The largest absolute Gasteiger partial charge is 0.363 e. The number of piperidine rings is 1. The number of nitrogens with zero attached hydrogens (tertiary/aromatic N) is 1.